The first kappa shape index (κ1) is 13.6. The second-order valence-corrected chi connectivity index (χ2v) is 6.03. The maximum atomic E-state index is 12.1. The summed E-state index contributed by atoms with van der Waals surface area (Å²) in [6, 6.07) is 9.26. The smallest absolute Gasteiger partial charge is 0.220 e. The van der Waals surface area contributed by atoms with Crippen LogP contribution in [0.2, 0.25) is 0 Å². The molecular formula is C17H24N2O. The SMILES string of the molecule is CCCC(=O)NC1c2ccccc2CN2CCCCC12. The zero-order valence-electron chi connectivity index (χ0n) is 12.3. The number of rotatable bonds is 3. The largest absolute Gasteiger partial charge is 0.348 e. The van der Waals surface area contributed by atoms with Crippen molar-refractivity contribution in [1.82, 2.24) is 10.2 Å². The molecule has 0 aliphatic carbocycles. The van der Waals surface area contributed by atoms with Crippen molar-refractivity contribution in [2.24, 2.45) is 0 Å². The molecule has 3 heteroatoms. The predicted molar refractivity (Wildman–Crippen MR) is 80.3 cm³/mol. The van der Waals surface area contributed by atoms with Gasteiger partial charge in [0.15, 0.2) is 0 Å². The maximum absolute atomic E-state index is 12.1. The summed E-state index contributed by atoms with van der Waals surface area (Å²) in [6.07, 6.45) is 5.31. The number of carbonyl (C=O) groups excluding carboxylic acids is 1. The van der Waals surface area contributed by atoms with E-state index in [1.165, 1.54) is 36.9 Å². The van der Waals surface area contributed by atoms with Gasteiger partial charge in [0.05, 0.1) is 6.04 Å². The first-order valence-corrected chi connectivity index (χ1v) is 7.91. The Morgan fingerprint density at radius 1 is 1.35 bits per heavy atom. The molecule has 20 heavy (non-hydrogen) atoms. The van der Waals surface area contributed by atoms with E-state index in [0.717, 1.165) is 13.0 Å². The first-order valence-electron chi connectivity index (χ1n) is 7.91. The molecule has 0 saturated carbocycles. The van der Waals surface area contributed by atoms with Gasteiger partial charge in [-0.3, -0.25) is 9.69 Å². The Labute approximate surface area is 121 Å². The van der Waals surface area contributed by atoms with Gasteiger partial charge in [-0.15, -0.1) is 0 Å². The Hall–Kier alpha value is -1.35. The number of hydrogen-bond donors (Lipinski definition) is 1. The van der Waals surface area contributed by atoms with Gasteiger partial charge in [-0.05, 0) is 36.9 Å². The zero-order chi connectivity index (χ0) is 13.9. The van der Waals surface area contributed by atoms with Crippen molar-refractivity contribution in [3.05, 3.63) is 35.4 Å². The summed E-state index contributed by atoms with van der Waals surface area (Å²) >= 11 is 0. The van der Waals surface area contributed by atoms with Gasteiger partial charge in [-0.25, -0.2) is 0 Å². The minimum atomic E-state index is 0.180. The van der Waals surface area contributed by atoms with Crippen LogP contribution in [0.3, 0.4) is 0 Å². The highest BCUT2D eigenvalue weighted by atomic mass is 16.1. The van der Waals surface area contributed by atoms with E-state index in [1.807, 2.05) is 0 Å². The molecule has 1 amide bonds. The van der Waals surface area contributed by atoms with E-state index >= 15 is 0 Å². The van der Waals surface area contributed by atoms with Gasteiger partial charge < -0.3 is 5.32 Å². The van der Waals surface area contributed by atoms with Crippen molar-refractivity contribution >= 4 is 5.91 Å². The minimum Gasteiger partial charge on any atom is -0.348 e. The van der Waals surface area contributed by atoms with Gasteiger partial charge in [0.25, 0.3) is 0 Å². The molecule has 0 aromatic heterocycles. The van der Waals surface area contributed by atoms with Crippen LogP contribution >= 0.6 is 0 Å². The highest BCUT2D eigenvalue weighted by Crippen LogP contribution is 2.36. The topological polar surface area (TPSA) is 32.3 Å². The van der Waals surface area contributed by atoms with E-state index in [2.05, 4.69) is 41.4 Å². The third-order valence-corrected chi connectivity index (χ3v) is 4.61. The van der Waals surface area contributed by atoms with Crippen LogP contribution < -0.4 is 5.32 Å². The van der Waals surface area contributed by atoms with E-state index in [0.29, 0.717) is 12.5 Å². The van der Waals surface area contributed by atoms with Crippen LogP contribution in [0.4, 0.5) is 0 Å². The Bertz CT molecular complexity index is 486. The zero-order valence-corrected chi connectivity index (χ0v) is 12.3. The fraction of sp³-hybridized carbons (Fsp3) is 0.588. The fourth-order valence-corrected chi connectivity index (χ4v) is 3.64. The molecule has 3 nitrogen and oxygen atoms in total. The summed E-state index contributed by atoms with van der Waals surface area (Å²) < 4.78 is 0. The van der Waals surface area contributed by atoms with E-state index < -0.39 is 0 Å². The number of carbonyl (C=O) groups is 1. The van der Waals surface area contributed by atoms with Crippen molar-refractivity contribution in [1.29, 1.82) is 0 Å². The normalized spacial score (nSPS) is 25.6. The summed E-state index contributed by atoms with van der Waals surface area (Å²) in [6.45, 7) is 4.27. The van der Waals surface area contributed by atoms with Crippen molar-refractivity contribution < 1.29 is 4.79 Å². The van der Waals surface area contributed by atoms with Gasteiger partial charge >= 0.3 is 0 Å². The summed E-state index contributed by atoms with van der Waals surface area (Å²) in [5.41, 5.74) is 2.72. The van der Waals surface area contributed by atoms with Crippen LogP contribution in [-0.2, 0) is 11.3 Å². The Morgan fingerprint density at radius 3 is 3.05 bits per heavy atom. The standard InChI is InChI=1S/C17H24N2O/c1-2-7-16(20)18-17-14-9-4-3-8-13(14)12-19-11-6-5-10-15(17)19/h3-4,8-9,15,17H,2,5-7,10-12H2,1H3,(H,18,20). The molecule has 2 heterocycles. The number of nitrogens with zero attached hydrogens (tertiary/aromatic N) is 1. The van der Waals surface area contributed by atoms with Gasteiger partial charge in [0.2, 0.25) is 5.91 Å². The summed E-state index contributed by atoms with van der Waals surface area (Å²) in [7, 11) is 0. The quantitative estimate of drug-likeness (QED) is 0.917. The van der Waals surface area contributed by atoms with E-state index in [9.17, 15) is 4.79 Å². The van der Waals surface area contributed by atoms with Crippen LogP contribution in [0, 0.1) is 0 Å². The number of fused-ring (bicyclic) bond motifs is 2. The molecule has 1 N–H and O–H groups in total. The molecule has 2 unspecified atom stereocenters. The fourth-order valence-electron chi connectivity index (χ4n) is 3.64. The maximum Gasteiger partial charge on any atom is 0.220 e. The molecule has 108 valence electrons. The lowest BCUT2D eigenvalue weighted by Gasteiger charge is -2.45. The van der Waals surface area contributed by atoms with Crippen molar-refractivity contribution in [2.75, 3.05) is 6.54 Å². The summed E-state index contributed by atoms with van der Waals surface area (Å²) in [5.74, 6) is 0.194. The van der Waals surface area contributed by atoms with Gasteiger partial charge in [0, 0.05) is 19.0 Å². The second kappa shape index (κ2) is 5.96. The van der Waals surface area contributed by atoms with E-state index in [1.54, 1.807) is 0 Å². The Kier molecular flexibility index (Phi) is 4.06. The van der Waals surface area contributed by atoms with Gasteiger partial charge in [-0.2, -0.15) is 0 Å². The molecule has 0 radical (unpaired) electrons. The summed E-state index contributed by atoms with van der Waals surface area (Å²) in [5, 5.41) is 3.29. The molecule has 3 rings (SSSR count). The number of amides is 1. The lowest BCUT2D eigenvalue weighted by atomic mass is 9.84. The monoisotopic (exact) mass is 272 g/mol. The lowest BCUT2D eigenvalue weighted by molar-refractivity contribution is -0.122. The molecule has 0 spiro atoms. The molecule has 2 aliphatic rings. The molecule has 1 saturated heterocycles. The van der Waals surface area contributed by atoms with Crippen LogP contribution in [0.15, 0.2) is 24.3 Å². The van der Waals surface area contributed by atoms with Crippen LogP contribution in [-0.4, -0.2) is 23.4 Å². The van der Waals surface area contributed by atoms with Crippen molar-refractivity contribution in [3.63, 3.8) is 0 Å². The van der Waals surface area contributed by atoms with Gasteiger partial charge in [-0.1, -0.05) is 37.6 Å². The Morgan fingerprint density at radius 2 is 2.20 bits per heavy atom. The molecule has 1 aromatic rings. The summed E-state index contributed by atoms with van der Waals surface area (Å²) in [4.78, 5) is 14.6. The average molecular weight is 272 g/mol. The van der Waals surface area contributed by atoms with Crippen molar-refractivity contribution in [3.8, 4) is 0 Å². The minimum absolute atomic E-state index is 0.180. The number of hydrogen-bond acceptors (Lipinski definition) is 2. The predicted octanol–water partition coefficient (Wildman–Crippen LogP) is 3.01. The lowest BCUT2D eigenvalue weighted by Crippen LogP contribution is -2.51. The van der Waals surface area contributed by atoms with E-state index in [-0.39, 0.29) is 11.9 Å². The van der Waals surface area contributed by atoms with E-state index in [4.69, 9.17) is 0 Å². The first-order chi connectivity index (χ1) is 9.79. The third-order valence-electron chi connectivity index (χ3n) is 4.61. The highest BCUT2D eigenvalue weighted by molar-refractivity contribution is 5.76. The van der Waals surface area contributed by atoms with Gasteiger partial charge in [0.1, 0.15) is 0 Å². The van der Waals surface area contributed by atoms with Crippen LogP contribution in [0.25, 0.3) is 0 Å². The number of piperidine rings is 1. The Balaban J connectivity index is 1.88. The molecular weight excluding hydrogens is 248 g/mol. The molecule has 0 bridgehead atoms. The molecule has 1 aromatic carbocycles. The average Bonchev–Trinajstić information content (AvgIpc) is 2.47. The van der Waals surface area contributed by atoms with Crippen LogP contribution in [0.5, 0.6) is 0 Å². The highest BCUT2D eigenvalue weighted by Gasteiger charge is 2.36. The van der Waals surface area contributed by atoms with Crippen molar-refractivity contribution in [2.45, 2.75) is 57.7 Å². The molecule has 1 fully saturated rings. The number of nitrogens with one attached hydrogen (secondary N) is 1. The number of benzene rings is 1. The second-order valence-electron chi connectivity index (χ2n) is 6.03. The van der Waals surface area contributed by atoms with Crippen LogP contribution in [0.1, 0.15) is 56.2 Å². The third kappa shape index (κ3) is 2.59. The molecule has 2 atom stereocenters. The molecule has 2 aliphatic heterocycles.